The van der Waals surface area contributed by atoms with Crippen LogP contribution in [-0.2, 0) is 0 Å². The number of aliphatic hydroxyl groups excluding tert-OH is 1. The molecule has 1 atom stereocenters. The van der Waals surface area contributed by atoms with Gasteiger partial charge in [-0.1, -0.05) is 19.3 Å². The summed E-state index contributed by atoms with van der Waals surface area (Å²) in [5.74, 6) is 1.60. The molecule has 3 saturated carbocycles. The van der Waals surface area contributed by atoms with E-state index in [1.165, 1.54) is 64.3 Å². The van der Waals surface area contributed by atoms with E-state index in [4.69, 9.17) is 0 Å². The summed E-state index contributed by atoms with van der Waals surface area (Å²) in [7, 11) is 2.26. The minimum Gasteiger partial charge on any atom is -0.394 e. The summed E-state index contributed by atoms with van der Waals surface area (Å²) in [6, 6.07) is 0.686. The van der Waals surface area contributed by atoms with E-state index in [2.05, 4.69) is 17.3 Å². The third-order valence-electron chi connectivity index (χ3n) is 5.56. The normalized spacial score (nSPS) is 27.8. The number of likely N-dealkylation sites (N-methyl/N-ethyl adjacent to an activating group) is 1. The maximum atomic E-state index is 10.0. The second-order valence-electron chi connectivity index (χ2n) is 7.71. The first-order valence-corrected chi connectivity index (χ1v) is 8.79. The maximum Gasteiger partial charge on any atom is 0.0628 e. The molecule has 0 radical (unpaired) electrons. The van der Waals surface area contributed by atoms with Gasteiger partial charge in [0.15, 0.2) is 0 Å². The standard InChI is InChI=1S/C17H32N2O/c1-19(11-14-5-3-2-4-6-14)12-17(13-20,15-7-8-15)18-16-9-10-16/h14-16,18,20H,2-13H2,1H3. The molecule has 0 spiro atoms. The maximum absolute atomic E-state index is 10.0. The molecule has 20 heavy (non-hydrogen) atoms. The topological polar surface area (TPSA) is 35.5 Å². The van der Waals surface area contributed by atoms with Gasteiger partial charge < -0.3 is 15.3 Å². The fourth-order valence-electron chi connectivity index (χ4n) is 4.14. The Morgan fingerprint density at radius 2 is 1.75 bits per heavy atom. The molecule has 0 aliphatic heterocycles. The van der Waals surface area contributed by atoms with Crippen molar-refractivity contribution in [3.63, 3.8) is 0 Å². The molecule has 116 valence electrons. The van der Waals surface area contributed by atoms with Crippen molar-refractivity contribution < 1.29 is 5.11 Å². The van der Waals surface area contributed by atoms with Crippen molar-refractivity contribution >= 4 is 0 Å². The Hall–Kier alpha value is -0.120. The van der Waals surface area contributed by atoms with Crippen LogP contribution in [0.1, 0.15) is 57.8 Å². The summed E-state index contributed by atoms with van der Waals surface area (Å²) in [6.45, 7) is 2.56. The lowest BCUT2D eigenvalue weighted by atomic mass is 9.88. The number of rotatable bonds is 8. The van der Waals surface area contributed by atoms with Gasteiger partial charge >= 0.3 is 0 Å². The highest BCUT2D eigenvalue weighted by Crippen LogP contribution is 2.42. The van der Waals surface area contributed by atoms with E-state index < -0.39 is 0 Å². The molecule has 3 rings (SSSR count). The largest absolute Gasteiger partial charge is 0.394 e. The van der Waals surface area contributed by atoms with Crippen LogP contribution in [0.4, 0.5) is 0 Å². The first-order valence-electron chi connectivity index (χ1n) is 8.79. The molecule has 3 heteroatoms. The van der Waals surface area contributed by atoms with Crippen LogP contribution in [0.25, 0.3) is 0 Å². The lowest BCUT2D eigenvalue weighted by Crippen LogP contribution is -2.58. The van der Waals surface area contributed by atoms with Crippen molar-refractivity contribution in [1.82, 2.24) is 10.2 Å². The zero-order valence-electron chi connectivity index (χ0n) is 13.1. The molecular weight excluding hydrogens is 248 g/mol. The Labute approximate surface area is 124 Å². The van der Waals surface area contributed by atoms with Crippen molar-refractivity contribution in [2.75, 3.05) is 26.7 Å². The van der Waals surface area contributed by atoms with Crippen LogP contribution in [0.15, 0.2) is 0 Å². The SMILES string of the molecule is CN(CC1CCCCC1)CC(CO)(NC1CC1)C1CC1. The number of nitrogens with zero attached hydrogens (tertiary/aromatic N) is 1. The summed E-state index contributed by atoms with van der Waals surface area (Å²) >= 11 is 0. The van der Waals surface area contributed by atoms with Gasteiger partial charge in [0.2, 0.25) is 0 Å². The molecule has 3 fully saturated rings. The van der Waals surface area contributed by atoms with E-state index in [-0.39, 0.29) is 5.54 Å². The van der Waals surface area contributed by atoms with Crippen LogP contribution < -0.4 is 5.32 Å². The zero-order valence-corrected chi connectivity index (χ0v) is 13.1. The Bertz CT molecular complexity index is 308. The molecule has 3 aliphatic carbocycles. The minimum absolute atomic E-state index is 0.00934. The first kappa shape index (κ1) is 14.8. The van der Waals surface area contributed by atoms with Crippen molar-refractivity contribution in [3.8, 4) is 0 Å². The second-order valence-corrected chi connectivity index (χ2v) is 7.71. The van der Waals surface area contributed by atoms with Crippen molar-refractivity contribution in [3.05, 3.63) is 0 Å². The highest BCUT2D eigenvalue weighted by atomic mass is 16.3. The molecule has 0 aromatic heterocycles. The third-order valence-corrected chi connectivity index (χ3v) is 5.56. The first-order chi connectivity index (χ1) is 9.72. The van der Waals surface area contributed by atoms with Crippen molar-refractivity contribution in [1.29, 1.82) is 0 Å². The Balaban J connectivity index is 1.53. The minimum atomic E-state index is -0.00934. The van der Waals surface area contributed by atoms with E-state index in [1.807, 2.05) is 0 Å². The van der Waals surface area contributed by atoms with Gasteiger partial charge in [0.05, 0.1) is 12.1 Å². The van der Waals surface area contributed by atoms with Crippen LogP contribution in [-0.4, -0.2) is 48.3 Å². The summed E-state index contributed by atoms with van der Waals surface area (Å²) in [5.41, 5.74) is -0.00934. The lowest BCUT2D eigenvalue weighted by Gasteiger charge is -2.39. The molecule has 2 N–H and O–H groups in total. The van der Waals surface area contributed by atoms with Crippen LogP contribution in [0.5, 0.6) is 0 Å². The summed E-state index contributed by atoms with van der Waals surface area (Å²) in [6.07, 6.45) is 12.3. The monoisotopic (exact) mass is 280 g/mol. The highest BCUT2D eigenvalue weighted by Gasteiger charge is 2.47. The Kier molecular flexibility index (Phi) is 4.68. The zero-order chi connectivity index (χ0) is 14.0. The molecule has 3 aliphatic rings. The quantitative estimate of drug-likeness (QED) is 0.716. The fraction of sp³-hybridized carbons (Fsp3) is 1.00. The lowest BCUT2D eigenvalue weighted by molar-refractivity contribution is 0.0894. The van der Waals surface area contributed by atoms with Crippen LogP contribution in [0, 0.1) is 11.8 Å². The summed E-state index contributed by atoms with van der Waals surface area (Å²) in [5, 5.41) is 13.8. The molecule has 0 amide bonds. The summed E-state index contributed by atoms with van der Waals surface area (Å²) < 4.78 is 0. The molecular formula is C17H32N2O. The number of hydrogen-bond donors (Lipinski definition) is 2. The Morgan fingerprint density at radius 3 is 2.30 bits per heavy atom. The predicted octanol–water partition coefficient (Wildman–Crippen LogP) is 2.39. The average Bonchev–Trinajstić information content (AvgIpc) is 3.32. The smallest absolute Gasteiger partial charge is 0.0628 e. The molecule has 0 heterocycles. The summed E-state index contributed by atoms with van der Waals surface area (Å²) in [4.78, 5) is 2.50. The van der Waals surface area contributed by atoms with Crippen molar-refractivity contribution in [2.24, 2.45) is 11.8 Å². The molecule has 0 aromatic carbocycles. The second kappa shape index (κ2) is 6.33. The van der Waals surface area contributed by atoms with E-state index in [0.717, 1.165) is 12.5 Å². The molecule has 0 bridgehead atoms. The van der Waals surface area contributed by atoms with Gasteiger partial charge in [0, 0.05) is 19.1 Å². The molecule has 3 nitrogen and oxygen atoms in total. The highest BCUT2D eigenvalue weighted by molar-refractivity contribution is 5.06. The van der Waals surface area contributed by atoms with Gasteiger partial charge in [-0.25, -0.2) is 0 Å². The van der Waals surface area contributed by atoms with Gasteiger partial charge in [-0.3, -0.25) is 0 Å². The van der Waals surface area contributed by atoms with E-state index in [0.29, 0.717) is 18.6 Å². The van der Waals surface area contributed by atoms with Gasteiger partial charge in [-0.15, -0.1) is 0 Å². The average molecular weight is 280 g/mol. The molecule has 0 saturated heterocycles. The fourth-order valence-corrected chi connectivity index (χ4v) is 4.14. The van der Waals surface area contributed by atoms with E-state index in [9.17, 15) is 5.11 Å². The van der Waals surface area contributed by atoms with Gasteiger partial charge in [0.1, 0.15) is 0 Å². The predicted molar refractivity (Wildman–Crippen MR) is 82.8 cm³/mol. The molecule has 0 aromatic rings. The Morgan fingerprint density at radius 1 is 1.05 bits per heavy atom. The van der Waals surface area contributed by atoms with Gasteiger partial charge in [-0.2, -0.15) is 0 Å². The van der Waals surface area contributed by atoms with Crippen molar-refractivity contribution in [2.45, 2.75) is 69.4 Å². The van der Waals surface area contributed by atoms with Crippen LogP contribution in [0.2, 0.25) is 0 Å². The van der Waals surface area contributed by atoms with Gasteiger partial charge in [0.25, 0.3) is 0 Å². The van der Waals surface area contributed by atoms with E-state index in [1.54, 1.807) is 0 Å². The van der Waals surface area contributed by atoms with E-state index >= 15 is 0 Å². The van der Waals surface area contributed by atoms with Crippen LogP contribution in [0.3, 0.4) is 0 Å². The number of aliphatic hydroxyl groups is 1. The van der Waals surface area contributed by atoms with Crippen LogP contribution >= 0.6 is 0 Å². The third kappa shape index (κ3) is 3.75. The number of hydrogen-bond acceptors (Lipinski definition) is 3. The molecule has 1 unspecified atom stereocenters. The van der Waals surface area contributed by atoms with Gasteiger partial charge in [-0.05, 0) is 57.4 Å². The number of nitrogens with one attached hydrogen (secondary N) is 1.